The molecule has 2 aromatic carbocycles. The van der Waals surface area contributed by atoms with Gasteiger partial charge in [-0.1, -0.05) is 6.07 Å². The quantitative estimate of drug-likeness (QED) is 0.621. The molecule has 2 aromatic rings. The van der Waals surface area contributed by atoms with Crippen LogP contribution >= 0.6 is 11.8 Å². The van der Waals surface area contributed by atoms with Crippen LogP contribution in [0.25, 0.3) is 0 Å². The number of hydrogen-bond acceptors (Lipinski definition) is 3. The molecular formula is C19H21NO2S. The van der Waals surface area contributed by atoms with Crippen molar-refractivity contribution in [3.8, 4) is 0 Å². The number of Topliss-reactive ketones (excluding diaryl/α,β-unsaturated/α-hetero) is 1. The summed E-state index contributed by atoms with van der Waals surface area (Å²) >= 11 is 1.68. The zero-order valence-corrected chi connectivity index (χ0v) is 14.5. The Morgan fingerprint density at radius 1 is 1.00 bits per heavy atom. The molecule has 1 amide bonds. The first-order valence-electron chi connectivity index (χ1n) is 7.56. The van der Waals surface area contributed by atoms with Gasteiger partial charge in [-0.15, -0.1) is 11.8 Å². The van der Waals surface area contributed by atoms with Gasteiger partial charge in [0.2, 0.25) is 5.91 Å². The number of carbonyl (C=O) groups excluding carboxylic acids is 2. The molecule has 0 aliphatic heterocycles. The van der Waals surface area contributed by atoms with Gasteiger partial charge in [-0.25, -0.2) is 0 Å². The van der Waals surface area contributed by atoms with Gasteiger partial charge in [0.15, 0.2) is 5.78 Å². The Balaban J connectivity index is 1.80. The second kappa shape index (κ2) is 7.97. The lowest BCUT2D eigenvalue weighted by Gasteiger charge is -2.07. The standard InChI is InChI=1S/C19H21NO2S/c1-13-4-9-18(12-14(13)2)23-11-10-19(22)20-17-7-5-16(6-8-17)15(3)21/h4-9,12H,10-11H2,1-3H3,(H,20,22). The van der Waals surface area contributed by atoms with E-state index in [1.807, 2.05) is 0 Å². The molecule has 0 unspecified atom stereocenters. The van der Waals surface area contributed by atoms with Gasteiger partial charge in [0.25, 0.3) is 0 Å². The van der Waals surface area contributed by atoms with E-state index in [-0.39, 0.29) is 11.7 Å². The minimum absolute atomic E-state index is 0.0168. The first kappa shape index (κ1) is 17.3. The Kier molecular flexibility index (Phi) is 5.99. The van der Waals surface area contributed by atoms with Gasteiger partial charge in [0, 0.05) is 28.3 Å². The van der Waals surface area contributed by atoms with Gasteiger partial charge >= 0.3 is 0 Å². The molecule has 0 aromatic heterocycles. The van der Waals surface area contributed by atoms with Gasteiger partial charge in [0.05, 0.1) is 0 Å². The van der Waals surface area contributed by atoms with E-state index in [9.17, 15) is 9.59 Å². The van der Waals surface area contributed by atoms with E-state index in [1.54, 1.807) is 36.0 Å². The minimum atomic E-state index is -0.0168. The van der Waals surface area contributed by atoms with Gasteiger partial charge in [-0.2, -0.15) is 0 Å². The Morgan fingerprint density at radius 2 is 1.70 bits per heavy atom. The van der Waals surface area contributed by atoms with E-state index < -0.39 is 0 Å². The molecule has 0 radical (unpaired) electrons. The van der Waals surface area contributed by atoms with Crippen LogP contribution in [0, 0.1) is 13.8 Å². The molecular weight excluding hydrogens is 306 g/mol. The summed E-state index contributed by atoms with van der Waals surface area (Å²) in [6.07, 6.45) is 0.450. The molecule has 0 aliphatic carbocycles. The monoisotopic (exact) mass is 327 g/mol. The SMILES string of the molecule is CC(=O)c1ccc(NC(=O)CCSc2ccc(C)c(C)c2)cc1. The second-order valence-electron chi connectivity index (χ2n) is 5.53. The Hall–Kier alpha value is -2.07. The van der Waals surface area contributed by atoms with Gasteiger partial charge in [0.1, 0.15) is 0 Å². The van der Waals surface area contributed by atoms with Gasteiger partial charge < -0.3 is 5.32 Å². The van der Waals surface area contributed by atoms with Crippen LogP contribution in [0.15, 0.2) is 47.4 Å². The second-order valence-corrected chi connectivity index (χ2v) is 6.69. The molecule has 120 valence electrons. The van der Waals surface area contributed by atoms with Crippen molar-refractivity contribution in [1.29, 1.82) is 0 Å². The highest BCUT2D eigenvalue weighted by molar-refractivity contribution is 7.99. The number of aryl methyl sites for hydroxylation is 2. The van der Waals surface area contributed by atoms with Crippen molar-refractivity contribution in [3.05, 3.63) is 59.2 Å². The van der Waals surface area contributed by atoms with Crippen molar-refractivity contribution in [2.45, 2.75) is 32.1 Å². The van der Waals surface area contributed by atoms with E-state index in [2.05, 4.69) is 37.4 Å². The van der Waals surface area contributed by atoms with Gasteiger partial charge in [-0.3, -0.25) is 9.59 Å². The molecule has 23 heavy (non-hydrogen) atoms. The lowest BCUT2D eigenvalue weighted by atomic mass is 10.1. The fourth-order valence-corrected chi connectivity index (χ4v) is 3.02. The van der Waals surface area contributed by atoms with E-state index >= 15 is 0 Å². The third kappa shape index (κ3) is 5.25. The number of anilines is 1. The third-order valence-electron chi connectivity index (χ3n) is 3.65. The number of benzene rings is 2. The topological polar surface area (TPSA) is 46.2 Å². The maximum Gasteiger partial charge on any atom is 0.225 e. The van der Waals surface area contributed by atoms with Crippen molar-refractivity contribution in [1.82, 2.24) is 0 Å². The lowest BCUT2D eigenvalue weighted by molar-refractivity contribution is -0.115. The molecule has 0 spiro atoms. The number of hydrogen-bond donors (Lipinski definition) is 1. The van der Waals surface area contributed by atoms with Crippen LogP contribution in [0.4, 0.5) is 5.69 Å². The summed E-state index contributed by atoms with van der Waals surface area (Å²) in [4.78, 5) is 24.3. The largest absolute Gasteiger partial charge is 0.326 e. The third-order valence-corrected chi connectivity index (χ3v) is 4.65. The fourth-order valence-electron chi connectivity index (χ4n) is 2.08. The highest BCUT2D eigenvalue weighted by Crippen LogP contribution is 2.22. The molecule has 2 rings (SSSR count). The zero-order valence-electron chi connectivity index (χ0n) is 13.7. The summed E-state index contributed by atoms with van der Waals surface area (Å²) < 4.78 is 0. The normalized spacial score (nSPS) is 10.4. The van der Waals surface area contributed by atoms with Crippen molar-refractivity contribution in [2.75, 3.05) is 11.1 Å². The molecule has 0 atom stereocenters. The van der Waals surface area contributed by atoms with Crippen LogP contribution in [0.1, 0.15) is 34.8 Å². The average Bonchev–Trinajstić information content (AvgIpc) is 2.51. The summed E-state index contributed by atoms with van der Waals surface area (Å²) in [5, 5.41) is 2.85. The van der Waals surface area contributed by atoms with Crippen molar-refractivity contribution >= 4 is 29.1 Å². The number of rotatable bonds is 6. The summed E-state index contributed by atoms with van der Waals surface area (Å²) in [5.41, 5.74) is 3.91. The van der Waals surface area contributed by atoms with Crippen LogP contribution < -0.4 is 5.32 Å². The Bertz CT molecular complexity index is 708. The minimum Gasteiger partial charge on any atom is -0.326 e. The lowest BCUT2D eigenvalue weighted by Crippen LogP contribution is -2.12. The predicted octanol–water partition coefficient (Wildman–Crippen LogP) is 4.63. The summed E-state index contributed by atoms with van der Waals surface area (Å²) in [5.74, 6) is 0.740. The Labute approximate surface area is 141 Å². The van der Waals surface area contributed by atoms with Crippen LogP contribution in [0.3, 0.4) is 0 Å². The summed E-state index contributed by atoms with van der Waals surface area (Å²) in [7, 11) is 0. The van der Waals surface area contributed by atoms with E-state index in [0.717, 1.165) is 11.4 Å². The number of nitrogens with one attached hydrogen (secondary N) is 1. The molecule has 0 saturated heterocycles. The van der Waals surface area contributed by atoms with Crippen molar-refractivity contribution < 1.29 is 9.59 Å². The molecule has 0 saturated carbocycles. The fraction of sp³-hybridized carbons (Fsp3) is 0.263. The predicted molar refractivity (Wildman–Crippen MR) is 96.3 cm³/mol. The smallest absolute Gasteiger partial charge is 0.225 e. The highest BCUT2D eigenvalue weighted by atomic mass is 32.2. The Morgan fingerprint density at radius 3 is 2.30 bits per heavy atom. The van der Waals surface area contributed by atoms with Crippen LogP contribution in [0.2, 0.25) is 0 Å². The molecule has 4 heteroatoms. The van der Waals surface area contributed by atoms with Crippen LogP contribution in [-0.4, -0.2) is 17.4 Å². The average molecular weight is 327 g/mol. The number of ketones is 1. The van der Waals surface area contributed by atoms with E-state index in [1.165, 1.54) is 22.9 Å². The van der Waals surface area contributed by atoms with Crippen LogP contribution in [0.5, 0.6) is 0 Å². The first-order chi connectivity index (χ1) is 11.0. The molecule has 0 heterocycles. The van der Waals surface area contributed by atoms with Crippen molar-refractivity contribution in [3.63, 3.8) is 0 Å². The molecule has 3 nitrogen and oxygen atoms in total. The number of thioether (sulfide) groups is 1. The van der Waals surface area contributed by atoms with Crippen LogP contribution in [-0.2, 0) is 4.79 Å². The summed E-state index contributed by atoms with van der Waals surface area (Å²) in [6, 6.07) is 13.3. The maximum atomic E-state index is 12.0. The van der Waals surface area contributed by atoms with E-state index in [0.29, 0.717) is 12.0 Å². The van der Waals surface area contributed by atoms with E-state index in [4.69, 9.17) is 0 Å². The number of carbonyl (C=O) groups is 2. The number of amides is 1. The van der Waals surface area contributed by atoms with Crippen molar-refractivity contribution in [2.24, 2.45) is 0 Å². The molecule has 1 N–H and O–H groups in total. The molecule has 0 fully saturated rings. The maximum absolute atomic E-state index is 12.0. The molecule has 0 bridgehead atoms. The zero-order chi connectivity index (χ0) is 16.8. The van der Waals surface area contributed by atoms with Gasteiger partial charge in [-0.05, 0) is 68.3 Å². The molecule has 0 aliphatic rings. The first-order valence-corrected chi connectivity index (χ1v) is 8.55. The summed E-state index contributed by atoms with van der Waals surface area (Å²) in [6.45, 7) is 5.71. The highest BCUT2D eigenvalue weighted by Gasteiger charge is 2.05.